The smallest absolute Gasteiger partial charge is 0.271 e. The molecular formula is C12H10N2O3S2. The quantitative estimate of drug-likeness (QED) is 0.851. The molecule has 0 aliphatic carbocycles. The molecule has 1 aromatic heterocycles. The van der Waals surface area contributed by atoms with Crippen LogP contribution in [0.3, 0.4) is 0 Å². The van der Waals surface area contributed by atoms with E-state index in [-0.39, 0.29) is 15.6 Å². The van der Waals surface area contributed by atoms with Crippen LogP contribution in [0.15, 0.2) is 34.5 Å². The summed E-state index contributed by atoms with van der Waals surface area (Å²) in [6.45, 7) is 1.79. The molecule has 2 N–H and O–H groups in total. The first kappa shape index (κ1) is 13.4. The van der Waals surface area contributed by atoms with E-state index in [2.05, 4.69) is 4.72 Å². The minimum Gasteiger partial charge on any atom is -0.506 e. The molecule has 0 spiro atoms. The number of thiophene rings is 1. The van der Waals surface area contributed by atoms with Gasteiger partial charge in [-0.15, -0.1) is 11.3 Å². The number of phenolic OH excluding ortho intramolecular Hbond substituents is 1. The zero-order chi connectivity index (χ0) is 14.0. The molecule has 98 valence electrons. The van der Waals surface area contributed by atoms with Gasteiger partial charge in [-0.1, -0.05) is 6.07 Å². The number of aryl methyl sites for hydroxylation is 1. The van der Waals surface area contributed by atoms with Crippen LogP contribution in [0.4, 0.5) is 5.69 Å². The van der Waals surface area contributed by atoms with Crippen LogP contribution in [0.1, 0.15) is 10.4 Å². The maximum atomic E-state index is 12.0. The fraction of sp³-hybridized carbons (Fsp3) is 0.0833. The number of sulfonamides is 1. The number of anilines is 1. The zero-order valence-corrected chi connectivity index (χ0v) is 11.5. The number of phenols is 1. The molecule has 0 fully saturated rings. The van der Waals surface area contributed by atoms with Gasteiger partial charge in [-0.2, -0.15) is 5.26 Å². The fourth-order valence-corrected chi connectivity index (χ4v) is 3.63. The lowest BCUT2D eigenvalue weighted by Crippen LogP contribution is -2.11. The van der Waals surface area contributed by atoms with Crippen LogP contribution in [0.25, 0.3) is 0 Å². The van der Waals surface area contributed by atoms with Gasteiger partial charge in [0, 0.05) is 0 Å². The number of nitriles is 1. The maximum Gasteiger partial charge on any atom is 0.271 e. The van der Waals surface area contributed by atoms with E-state index in [1.807, 2.05) is 6.07 Å². The number of aromatic hydroxyl groups is 1. The largest absolute Gasteiger partial charge is 0.506 e. The van der Waals surface area contributed by atoms with E-state index in [0.29, 0.717) is 4.88 Å². The third-order valence-corrected chi connectivity index (χ3v) is 5.20. The van der Waals surface area contributed by atoms with Crippen LogP contribution in [-0.2, 0) is 10.0 Å². The van der Waals surface area contributed by atoms with Gasteiger partial charge < -0.3 is 5.11 Å². The van der Waals surface area contributed by atoms with E-state index in [1.54, 1.807) is 13.0 Å². The molecule has 7 heteroatoms. The summed E-state index contributed by atoms with van der Waals surface area (Å²) in [7, 11) is -3.78. The molecule has 0 aliphatic rings. The Labute approximate surface area is 114 Å². The Bertz CT molecular complexity index is 758. The highest BCUT2D eigenvalue weighted by atomic mass is 32.2. The van der Waals surface area contributed by atoms with Crippen LogP contribution in [-0.4, -0.2) is 13.5 Å². The molecule has 0 bridgehead atoms. The van der Waals surface area contributed by atoms with Crippen molar-refractivity contribution in [2.24, 2.45) is 0 Å². The van der Waals surface area contributed by atoms with Crippen molar-refractivity contribution in [3.63, 3.8) is 0 Å². The first-order valence-corrected chi connectivity index (χ1v) is 7.55. The van der Waals surface area contributed by atoms with Crippen molar-refractivity contribution in [3.05, 3.63) is 40.8 Å². The Morgan fingerprint density at radius 1 is 1.32 bits per heavy atom. The van der Waals surface area contributed by atoms with E-state index < -0.39 is 10.0 Å². The van der Waals surface area contributed by atoms with Gasteiger partial charge in [0.2, 0.25) is 0 Å². The molecule has 0 atom stereocenters. The number of benzene rings is 1. The van der Waals surface area contributed by atoms with Gasteiger partial charge in [0.15, 0.2) is 0 Å². The summed E-state index contributed by atoms with van der Waals surface area (Å²) < 4.78 is 26.4. The van der Waals surface area contributed by atoms with Crippen LogP contribution in [0.2, 0.25) is 0 Å². The van der Waals surface area contributed by atoms with Crippen molar-refractivity contribution >= 4 is 27.0 Å². The van der Waals surface area contributed by atoms with Crippen LogP contribution in [0.5, 0.6) is 5.75 Å². The molecule has 2 aromatic rings. The SMILES string of the molecule is Cc1ccc(NS(=O)(=O)c2ccc(C#N)s2)c(O)c1. The third kappa shape index (κ3) is 2.86. The number of hydrogen-bond acceptors (Lipinski definition) is 5. The Kier molecular flexibility index (Phi) is 3.46. The topological polar surface area (TPSA) is 90.2 Å². The predicted octanol–water partition coefficient (Wildman–Crippen LogP) is 2.43. The predicted molar refractivity (Wildman–Crippen MR) is 72.7 cm³/mol. The maximum absolute atomic E-state index is 12.0. The lowest BCUT2D eigenvalue weighted by atomic mass is 10.2. The first-order chi connectivity index (χ1) is 8.92. The molecule has 5 nitrogen and oxygen atoms in total. The highest BCUT2D eigenvalue weighted by Crippen LogP contribution is 2.28. The first-order valence-electron chi connectivity index (χ1n) is 5.25. The van der Waals surface area contributed by atoms with E-state index in [4.69, 9.17) is 5.26 Å². The Hall–Kier alpha value is -2.04. The van der Waals surface area contributed by atoms with Crippen LogP contribution < -0.4 is 4.72 Å². The molecule has 0 saturated heterocycles. The summed E-state index contributed by atoms with van der Waals surface area (Å²) in [6, 6.07) is 9.32. The second-order valence-electron chi connectivity index (χ2n) is 3.86. The second-order valence-corrected chi connectivity index (χ2v) is 6.85. The Morgan fingerprint density at radius 2 is 2.05 bits per heavy atom. The van der Waals surface area contributed by atoms with E-state index in [9.17, 15) is 13.5 Å². The Balaban J connectivity index is 2.34. The molecule has 0 amide bonds. The molecule has 0 unspecified atom stereocenters. The van der Waals surface area contributed by atoms with Crippen LogP contribution >= 0.6 is 11.3 Å². The number of nitrogens with zero attached hydrogens (tertiary/aromatic N) is 1. The van der Waals surface area contributed by atoms with Gasteiger partial charge in [-0.25, -0.2) is 8.42 Å². The lowest BCUT2D eigenvalue weighted by molar-refractivity contribution is 0.477. The lowest BCUT2D eigenvalue weighted by Gasteiger charge is -2.08. The normalized spacial score (nSPS) is 10.9. The fourth-order valence-electron chi connectivity index (χ4n) is 1.45. The molecule has 0 saturated carbocycles. The van der Waals surface area contributed by atoms with Gasteiger partial charge >= 0.3 is 0 Å². The summed E-state index contributed by atoms with van der Waals surface area (Å²) in [4.78, 5) is 0.313. The summed E-state index contributed by atoms with van der Waals surface area (Å²) >= 11 is 0.875. The van der Waals surface area contributed by atoms with Gasteiger partial charge in [0.25, 0.3) is 10.0 Å². The molecule has 0 radical (unpaired) electrons. The van der Waals surface area contributed by atoms with Gasteiger partial charge in [-0.05, 0) is 36.8 Å². The second kappa shape index (κ2) is 4.91. The average molecular weight is 294 g/mol. The van der Waals surface area contributed by atoms with Crippen molar-refractivity contribution in [3.8, 4) is 11.8 Å². The van der Waals surface area contributed by atoms with Crippen LogP contribution in [0, 0.1) is 18.3 Å². The van der Waals surface area contributed by atoms with E-state index in [1.165, 1.54) is 24.3 Å². The molecule has 2 rings (SSSR count). The Morgan fingerprint density at radius 3 is 2.63 bits per heavy atom. The monoisotopic (exact) mass is 294 g/mol. The van der Waals surface area contributed by atoms with Gasteiger partial charge in [0.05, 0.1) is 5.69 Å². The minimum atomic E-state index is -3.78. The number of rotatable bonds is 3. The standard InChI is InChI=1S/C12H10N2O3S2/c1-8-2-4-10(11(15)6-8)14-19(16,17)12-5-3-9(7-13)18-12/h2-6,14-15H,1H3. The van der Waals surface area contributed by atoms with Crippen molar-refractivity contribution in [2.75, 3.05) is 4.72 Å². The van der Waals surface area contributed by atoms with Crippen molar-refractivity contribution in [1.82, 2.24) is 0 Å². The van der Waals surface area contributed by atoms with Crippen molar-refractivity contribution in [2.45, 2.75) is 11.1 Å². The van der Waals surface area contributed by atoms with Gasteiger partial charge in [0.1, 0.15) is 20.9 Å². The number of nitrogens with one attached hydrogen (secondary N) is 1. The van der Waals surface area contributed by atoms with E-state index >= 15 is 0 Å². The molecule has 0 aliphatic heterocycles. The van der Waals surface area contributed by atoms with Crippen molar-refractivity contribution in [1.29, 1.82) is 5.26 Å². The highest BCUT2D eigenvalue weighted by molar-refractivity contribution is 7.94. The number of hydrogen-bond donors (Lipinski definition) is 2. The van der Waals surface area contributed by atoms with E-state index in [0.717, 1.165) is 16.9 Å². The van der Waals surface area contributed by atoms with Gasteiger partial charge in [-0.3, -0.25) is 4.72 Å². The minimum absolute atomic E-state index is 0.0315. The average Bonchev–Trinajstić information content (AvgIpc) is 2.82. The van der Waals surface area contributed by atoms with Crippen molar-refractivity contribution < 1.29 is 13.5 Å². The summed E-state index contributed by atoms with van der Waals surface area (Å²) in [5, 5.41) is 18.4. The molecular weight excluding hydrogens is 284 g/mol. The summed E-state index contributed by atoms with van der Waals surface area (Å²) in [5.74, 6) is -0.138. The summed E-state index contributed by atoms with van der Waals surface area (Å²) in [6.07, 6.45) is 0. The summed E-state index contributed by atoms with van der Waals surface area (Å²) in [5.41, 5.74) is 0.931. The third-order valence-electron chi connectivity index (χ3n) is 2.35. The highest BCUT2D eigenvalue weighted by Gasteiger charge is 2.18. The molecule has 1 heterocycles. The zero-order valence-electron chi connectivity index (χ0n) is 9.91. The molecule has 19 heavy (non-hydrogen) atoms. The molecule has 1 aromatic carbocycles.